The van der Waals surface area contributed by atoms with Crippen LogP contribution in [-0.2, 0) is 6.54 Å². The van der Waals surface area contributed by atoms with E-state index in [0.29, 0.717) is 24.0 Å². The zero-order chi connectivity index (χ0) is 17.9. The van der Waals surface area contributed by atoms with Gasteiger partial charge in [0.05, 0.1) is 11.9 Å². The molecule has 3 heterocycles. The summed E-state index contributed by atoms with van der Waals surface area (Å²) in [6.45, 7) is 4.28. The first-order valence-corrected chi connectivity index (χ1v) is 8.77. The second-order valence-corrected chi connectivity index (χ2v) is 6.64. The van der Waals surface area contributed by atoms with Gasteiger partial charge in [-0.2, -0.15) is 4.98 Å². The lowest BCUT2D eigenvalue weighted by atomic mass is 9.96. The van der Waals surface area contributed by atoms with Crippen LogP contribution in [-0.4, -0.2) is 38.1 Å². The maximum absolute atomic E-state index is 13.8. The molecule has 1 aliphatic rings. The third-order valence-electron chi connectivity index (χ3n) is 4.75. The molecule has 0 atom stereocenters. The first-order chi connectivity index (χ1) is 12.7. The van der Waals surface area contributed by atoms with Gasteiger partial charge in [0.15, 0.2) is 5.82 Å². The Bertz CT molecular complexity index is 872. The quantitative estimate of drug-likeness (QED) is 0.716. The van der Waals surface area contributed by atoms with Crippen molar-refractivity contribution in [2.24, 2.45) is 0 Å². The first kappa shape index (κ1) is 16.8. The average molecular weight is 353 g/mol. The molecule has 26 heavy (non-hydrogen) atoms. The zero-order valence-electron chi connectivity index (χ0n) is 14.6. The van der Waals surface area contributed by atoms with Gasteiger partial charge in [-0.05, 0) is 38.9 Å². The molecule has 0 bridgehead atoms. The fraction of sp³-hybridized carbons (Fsp3) is 0.368. The number of hydrogen-bond acceptors (Lipinski definition) is 6. The molecule has 1 aliphatic heterocycles. The number of hydrogen-bond donors (Lipinski definition) is 0. The lowest BCUT2D eigenvalue weighted by Gasteiger charge is -2.30. The van der Waals surface area contributed by atoms with E-state index in [0.717, 1.165) is 37.2 Å². The molecule has 1 saturated heterocycles. The van der Waals surface area contributed by atoms with E-state index in [4.69, 9.17) is 4.52 Å². The van der Waals surface area contributed by atoms with Crippen LogP contribution in [0, 0.1) is 12.7 Å². The number of benzene rings is 1. The maximum Gasteiger partial charge on any atom is 0.278 e. The number of aryl methyl sites for hydroxylation is 1. The van der Waals surface area contributed by atoms with Crippen molar-refractivity contribution in [1.82, 2.24) is 25.0 Å². The fourth-order valence-electron chi connectivity index (χ4n) is 3.22. The highest BCUT2D eigenvalue weighted by atomic mass is 19.1. The Hall–Kier alpha value is -2.67. The van der Waals surface area contributed by atoms with Crippen molar-refractivity contribution >= 4 is 0 Å². The van der Waals surface area contributed by atoms with Gasteiger partial charge in [-0.15, -0.1) is 0 Å². The normalized spacial score (nSPS) is 16.1. The molecule has 3 aromatic rings. The summed E-state index contributed by atoms with van der Waals surface area (Å²) in [7, 11) is 0. The molecule has 134 valence electrons. The summed E-state index contributed by atoms with van der Waals surface area (Å²) in [4.78, 5) is 15.2. The van der Waals surface area contributed by atoms with Gasteiger partial charge in [0.2, 0.25) is 0 Å². The minimum Gasteiger partial charge on any atom is -0.332 e. The van der Waals surface area contributed by atoms with E-state index in [9.17, 15) is 4.39 Å². The van der Waals surface area contributed by atoms with Gasteiger partial charge in [0.25, 0.3) is 5.89 Å². The van der Waals surface area contributed by atoms with Crippen LogP contribution in [0.15, 0.2) is 41.2 Å². The van der Waals surface area contributed by atoms with Crippen LogP contribution < -0.4 is 0 Å². The molecule has 2 aromatic heterocycles. The fourth-order valence-corrected chi connectivity index (χ4v) is 3.22. The van der Waals surface area contributed by atoms with E-state index in [1.165, 1.54) is 6.07 Å². The van der Waals surface area contributed by atoms with Crippen LogP contribution in [0.5, 0.6) is 0 Å². The minimum atomic E-state index is -0.142. The summed E-state index contributed by atoms with van der Waals surface area (Å²) < 4.78 is 19.2. The van der Waals surface area contributed by atoms with E-state index in [2.05, 4.69) is 25.0 Å². The summed E-state index contributed by atoms with van der Waals surface area (Å²) in [6.07, 6.45) is 5.17. The molecule has 0 radical (unpaired) electrons. The van der Waals surface area contributed by atoms with E-state index < -0.39 is 0 Å². The topological polar surface area (TPSA) is 67.9 Å². The van der Waals surface area contributed by atoms with Crippen molar-refractivity contribution in [3.63, 3.8) is 0 Å². The summed E-state index contributed by atoms with van der Waals surface area (Å²) in [5.74, 6) is 1.23. The highest BCUT2D eigenvalue weighted by molar-refractivity contribution is 5.44. The number of aromatic nitrogens is 4. The van der Waals surface area contributed by atoms with Gasteiger partial charge >= 0.3 is 0 Å². The van der Waals surface area contributed by atoms with E-state index in [1.807, 2.05) is 19.1 Å². The number of piperidine rings is 1. The third-order valence-corrected chi connectivity index (χ3v) is 4.75. The standard InChI is InChI=1S/C19H20FN5O/c1-13-10-22-17(11-21-13)19-23-18(24-26-19)14-6-8-25(9-7-14)12-15-4-2-3-5-16(15)20/h2-5,10-11,14H,6-9,12H2,1H3. The zero-order valence-corrected chi connectivity index (χ0v) is 14.6. The molecule has 4 rings (SSSR count). The van der Waals surface area contributed by atoms with Crippen molar-refractivity contribution in [2.45, 2.75) is 32.2 Å². The van der Waals surface area contributed by atoms with Crippen molar-refractivity contribution < 1.29 is 8.91 Å². The second-order valence-electron chi connectivity index (χ2n) is 6.64. The largest absolute Gasteiger partial charge is 0.332 e. The van der Waals surface area contributed by atoms with Gasteiger partial charge in [0, 0.05) is 24.2 Å². The predicted octanol–water partition coefficient (Wildman–Crippen LogP) is 3.35. The van der Waals surface area contributed by atoms with Gasteiger partial charge in [-0.3, -0.25) is 9.88 Å². The number of likely N-dealkylation sites (tertiary alicyclic amines) is 1. The molecule has 0 amide bonds. The lowest BCUT2D eigenvalue weighted by Crippen LogP contribution is -2.33. The molecule has 1 fully saturated rings. The Labute approximate surface area is 151 Å². The molecule has 0 saturated carbocycles. The summed E-state index contributed by atoms with van der Waals surface area (Å²) in [6, 6.07) is 6.95. The molecule has 0 spiro atoms. The van der Waals surface area contributed by atoms with Crippen molar-refractivity contribution in [3.05, 3.63) is 59.6 Å². The second kappa shape index (κ2) is 7.29. The van der Waals surface area contributed by atoms with Crippen molar-refractivity contribution in [2.75, 3.05) is 13.1 Å². The lowest BCUT2D eigenvalue weighted by molar-refractivity contribution is 0.198. The molecular weight excluding hydrogens is 333 g/mol. The Morgan fingerprint density at radius 2 is 1.96 bits per heavy atom. The van der Waals surface area contributed by atoms with Crippen molar-refractivity contribution in [3.8, 4) is 11.6 Å². The van der Waals surface area contributed by atoms with Crippen LogP contribution in [0.2, 0.25) is 0 Å². The Balaban J connectivity index is 1.38. The smallest absolute Gasteiger partial charge is 0.278 e. The monoisotopic (exact) mass is 353 g/mol. The number of rotatable bonds is 4. The summed E-state index contributed by atoms with van der Waals surface area (Å²) in [5.41, 5.74) is 2.17. The van der Waals surface area contributed by atoms with Crippen LogP contribution in [0.4, 0.5) is 4.39 Å². The SMILES string of the molecule is Cc1cnc(-c2nc(C3CCN(Cc4ccccc4F)CC3)no2)cn1. The number of nitrogens with zero attached hydrogens (tertiary/aromatic N) is 5. The first-order valence-electron chi connectivity index (χ1n) is 8.77. The minimum absolute atomic E-state index is 0.142. The van der Waals surface area contributed by atoms with Crippen LogP contribution in [0.3, 0.4) is 0 Å². The molecule has 1 aromatic carbocycles. The van der Waals surface area contributed by atoms with Crippen LogP contribution >= 0.6 is 0 Å². The molecule has 6 nitrogen and oxygen atoms in total. The maximum atomic E-state index is 13.8. The van der Waals surface area contributed by atoms with Crippen molar-refractivity contribution in [1.29, 1.82) is 0 Å². The van der Waals surface area contributed by atoms with Crippen LogP contribution in [0.1, 0.15) is 35.8 Å². The van der Waals surface area contributed by atoms with Crippen LogP contribution in [0.25, 0.3) is 11.6 Å². The van der Waals surface area contributed by atoms with E-state index in [1.54, 1.807) is 18.5 Å². The van der Waals surface area contributed by atoms with Gasteiger partial charge < -0.3 is 4.52 Å². The molecule has 0 unspecified atom stereocenters. The number of halogens is 1. The molecular formula is C19H20FN5O. The Morgan fingerprint density at radius 1 is 1.15 bits per heavy atom. The van der Waals surface area contributed by atoms with Gasteiger partial charge in [0.1, 0.15) is 11.5 Å². The summed E-state index contributed by atoms with van der Waals surface area (Å²) in [5, 5.41) is 4.13. The molecule has 0 aliphatic carbocycles. The van der Waals surface area contributed by atoms with Gasteiger partial charge in [-0.1, -0.05) is 23.4 Å². The van der Waals surface area contributed by atoms with E-state index in [-0.39, 0.29) is 11.7 Å². The van der Waals surface area contributed by atoms with Gasteiger partial charge in [-0.25, -0.2) is 9.37 Å². The predicted molar refractivity (Wildman–Crippen MR) is 93.7 cm³/mol. The highest BCUT2D eigenvalue weighted by Gasteiger charge is 2.25. The third kappa shape index (κ3) is 3.62. The van der Waals surface area contributed by atoms with E-state index >= 15 is 0 Å². The summed E-state index contributed by atoms with van der Waals surface area (Å²) >= 11 is 0. The highest BCUT2D eigenvalue weighted by Crippen LogP contribution is 2.28. The average Bonchev–Trinajstić information content (AvgIpc) is 3.15. The Morgan fingerprint density at radius 3 is 2.69 bits per heavy atom. The Kier molecular flexibility index (Phi) is 4.71. The molecule has 0 N–H and O–H groups in total. The molecule has 7 heteroatoms.